The fourth-order valence-corrected chi connectivity index (χ4v) is 1.72. The summed E-state index contributed by atoms with van der Waals surface area (Å²) in [6, 6.07) is 4.86. The lowest BCUT2D eigenvalue weighted by atomic mass is 10.2. The highest BCUT2D eigenvalue weighted by Crippen LogP contribution is 2.25. The normalized spacial score (nSPS) is 12.2. The zero-order valence-electron chi connectivity index (χ0n) is 9.37. The summed E-state index contributed by atoms with van der Waals surface area (Å²) in [5, 5.41) is 3.59. The first kappa shape index (κ1) is 14.3. The van der Waals surface area contributed by atoms with Gasteiger partial charge in [-0.05, 0) is 18.2 Å². The maximum absolute atomic E-state index is 11.6. The van der Waals surface area contributed by atoms with Crippen LogP contribution in [0.15, 0.2) is 18.2 Å². The van der Waals surface area contributed by atoms with Crippen molar-refractivity contribution in [1.29, 1.82) is 0 Å². The highest BCUT2D eigenvalue weighted by Gasteiger charge is 2.12. The molecule has 0 bridgehead atoms. The van der Waals surface area contributed by atoms with E-state index in [1.807, 2.05) is 0 Å². The number of anilines is 1. The predicted octanol–water partition coefficient (Wildman–Crippen LogP) is 2.30. The first-order valence-corrected chi connectivity index (χ1v) is 5.80. The van der Waals surface area contributed by atoms with Gasteiger partial charge in [0.25, 0.3) is 0 Å². The quantitative estimate of drug-likeness (QED) is 0.868. The Morgan fingerprint density at radius 1 is 1.53 bits per heavy atom. The smallest absolute Gasteiger partial charge is 0.227 e. The van der Waals surface area contributed by atoms with Gasteiger partial charge in [-0.2, -0.15) is 0 Å². The molecule has 0 fully saturated rings. The van der Waals surface area contributed by atoms with Crippen molar-refractivity contribution in [3.05, 3.63) is 28.2 Å². The Bertz CT molecular complexity index is 395. The van der Waals surface area contributed by atoms with Crippen molar-refractivity contribution in [2.75, 3.05) is 19.0 Å². The van der Waals surface area contributed by atoms with Crippen LogP contribution in [0.25, 0.3) is 0 Å². The maximum Gasteiger partial charge on any atom is 0.227 e. The van der Waals surface area contributed by atoms with Gasteiger partial charge in [-0.3, -0.25) is 4.79 Å². The van der Waals surface area contributed by atoms with Crippen LogP contribution in [0.1, 0.15) is 6.42 Å². The molecule has 0 heterocycles. The Labute approximate surface area is 110 Å². The minimum absolute atomic E-state index is 0.186. The van der Waals surface area contributed by atoms with Gasteiger partial charge < -0.3 is 15.8 Å². The number of rotatable bonds is 5. The van der Waals surface area contributed by atoms with Crippen LogP contribution in [0.2, 0.25) is 10.0 Å². The second-order valence-electron chi connectivity index (χ2n) is 3.47. The van der Waals surface area contributed by atoms with Crippen LogP contribution >= 0.6 is 23.2 Å². The Hall–Kier alpha value is -0.810. The van der Waals surface area contributed by atoms with Gasteiger partial charge in [-0.25, -0.2) is 0 Å². The van der Waals surface area contributed by atoms with Crippen molar-refractivity contribution in [3.8, 4) is 0 Å². The number of carbonyl (C=O) groups excluding carboxylic acids is 1. The van der Waals surface area contributed by atoms with Crippen LogP contribution in [0.4, 0.5) is 5.69 Å². The summed E-state index contributed by atoms with van der Waals surface area (Å²) in [5.74, 6) is -0.202. The third-order valence-corrected chi connectivity index (χ3v) is 2.76. The number of amides is 1. The number of benzene rings is 1. The van der Waals surface area contributed by atoms with E-state index in [1.165, 1.54) is 7.11 Å². The molecule has 94 valence electrons. The Balaban J connectivity index is 2.62. The van der Waals surface area contributed by atoms with Crippen molar-refractivity contribution in [1.82, 2.24) is 0 Å². The zero-order chi connectivity index (χ0) is 12.8. The molecule has 1 unspecified atom stereocenters. The predicted molar refractivity (Wildman–Crippen MR) is 69.6 cm³/mol. The molecule has 6 heteroatoms. The van der Waals surface area contributed by atoms with Crippen molar-refractivity contribution >= 4 is 34.8 Å². The topological polar surface area (TPSA) is 64.3 Å². The summed E-state index contributed by atoms with van der Waals surface area (Å²) in [6.07, 6.45) is -0.104. The summed E-state index contributed by atoms with van der Waals surface area (Å²) in [6.45, 7) is 0.290. The van der Waals surface area contributed by atoms with E-state index in [0.717, 1.165) is 0 Å². The molecule has 0 spiro atoms. The van der Waals surface area contributed by atoms with Crippen molar-refractivity contribution in [2.45, 2.75) is 12.5 Å². The molecule has 0 saturated carbocycles. The SMILES string of the molecule is COC(CN)CC(=O)Nc1ccc(Cl)cc1Cl. The molecule has 0 aliphatic rings. The fraction of sp³-hybridized carbons (Fsp3) is 0.364. The third-order valence-electron chi connectivity index (χ3n) is 2.21. The number of methoxy groups -OCH3 is 1. The highest BCUT2D eigenvalue weighted by molar-refractivity contribution is 6.36. The molecule has 0 aliphatic carbocycles. The van der Waals surface area contributed by atoms with Gasteiger partial charge in [0.05, 0.1) is 23.2 Å². The van der Waals surface area contributed by atoms with Gasteiger partial charge in [0, 0.05) is 18.7 Å². The molecule has 4 nitrogen and oxygen atoms in total. The molecule has 1 amide bonds. The monoisotopic (exact) mass is 276 g/mol. The highest BCUT2D eigenvalue weighted by atomic mass is 35.5. The van der Waals surface area contributed by atoms with Crippen molar-refractivity contribution in [3.63, 3.8) is 0 Å². The van der Waals surface area contributed by atoms with E-state index in [2.05, 4.69) is 5.32 Å². The number of ether oxygens (including phenoxy) is 1. The molecule has 1 atom stereocenters. The minimum atomic E-state index is -0.291. The standard InChI is InChI=1S/C11H14Cl2N2O2/c1-17-8(6-14)5-11(16)15-10-3-2-7(12)4-9(10)13/h2-4,8H,5-6,14H2,1H3,(H,15,16). The molecule has 0 radical (unpaired) electrons. The minimum Gasteiger partial charge on any atom is -0.380 e. The van der Waals surface area contributed by atoms with Crippen LogP contribution in [0.5, 0.6) is 0 Å². The van der Waals surface area contributed by atoms with E-state index < -0.39 is 0 Å². The number of nitrogens with two attached hydrogens (primary N) is 1. The zero-order valence-corrected chi connectivity index (χ0v) is 10.9. The molecule has 1 aromatic carbocycles. The molecule has 0 saturated heterocycles. The van der Waals surface area contributed by atoms with Gasteiger partial charge in [0.2, 0.25) is 5.91 Å². The largest absolute Gasteiger partial charge is 0.380 e. The molecule has 1 aromatic rings. The van der Waals surface area contributed by atoms with Crippen LogP contribution in [0, 0.1) is 0 Å². The number of hydrogen-bond donors (Lipinski definition) is 2. The van der Waals surface area contributed by atoms with E-state index in [1.54, 1.807) is 18.2 Å². The molecule has 17 heavy (non-hydrogen) atoms. The molecule has 0 aliphatic heterocycles. The van der Waals surface area contributed by atoms with E-state index in [9.17, 15) is 4.79 Å². The molecular formula is C11H14Cl2N2O2. The molecule has 1 rings (SSSR count). The first-order valence-electron chi connectivity index (χ1n) is 5.04. The van der Waals surface area contributed by atoms with Crippen LogP contribution < -0.4 is 11.1 Å². The lowest BCUT2D eigenvalue weighted by Crippen LogP contribution is -2.28. The third kappa shape index (κ3) is 4.52. The molecular weight excluding hydrogens is 263 g/mol. The van der Waals surface area contributed by atoms with Crippen molar-refractivity contribution in [2.24, 2.45) is 5.73 Å². The second-order valence-corrected chi connectivity index (χ2v) is 4.31. The maximum atomic E-state index is 11.6. The number of hydrogen-bond acceptors (Lipinski definition) is 3. The summed E-state index contributed by atoms with van der Waals surface area (Å²) in [7, 11) is 1.51. The van der Waals surface area contributed by atoms with Gasteiger partial charge in [-0.1, -0.05) is 23.2 Å². The average molecular weight is 277 g/mol. The van der Waals surface area contributed by atoms with Gasteiger partial charge in [0.15, 0.2) is 0 Å². The summed E-state index contributed by atoms with van der Waals surface area (Å²) in [4.78, 5) is 11.6. The van der Waals surface area contributed by atoms with Gasteiger partial charge in [0.1, 0.15) is 0 Å². The Morgan fingerprint density at radius 3 is 2.76 bits per heavy atom. The second kappa shape index (κ2) is 6.81. The fourth-order valence-electron chi connectivity index (χ4n) is 1.26. The van der Waals surface area contributed by atoms with Crippen molar-refractivity contribution < 1.29 is 9.53 Å². The van der Waals surface area contributed by atoms with Gasteiger partial charge in [-0.15, -0.1) is 0 Å². The van der Waals surface area contributed by atoms with E-state index >= 15 is 0 Å². The molecule has 3 N–H and O–H groups in total. The average Bonchev–Trinajstić information content (AvgIpc) is 2.29. The lowest BCUT2D eigenvalue weighted by molar-refractivity contribution is -0.118. The van der Waals surface area contributed by atoms with Crippen LogP contribution in [0.3, 0.4) is 0 Å². The Morgan fingerprint density at radius 2 is 2.24 bits per heavy atom. The lowest BCUT2D eigenvalue weighted by Gasteiger charge is -2.13. The summed E-state index contributed by atoms with van der Waals surface area (Å²) in [5.41, 5.74) is 5.95. The number of halogens is 2. The van der Waals surface area contributed by atoms with E-state index in [-0.39, 0.29) is 25.0 Å². The number of nitrogens with one attached hydrogen (secondary N) is 1. The first-order chi connectivity index (χ1) is 8.06. The number of carbonyl (C=O) groups is 1. The van der Waals surface area contributed by atoms with Crippen LogP contribution in [-0.4, -0.2) is 25.7 Å². The van der Waals surface area contributed by atoms with E-state index in [0.29, 0.717) is 15.7 Å². The molecule has 0 aromatic heterocycles. The van der Waals surface area contributed by atoms with E-state index in [4.69, 9.17) is 33.7 Å². The van der Waals surface area contributed by atoms with Crippen LogP contribution in [-0.2, 0) is 9.53 Å². The summed E-state index contributed by atoms with van der Waals surface area (Å²) < 4.78 is 5.02. The Kier molecular flexibility index (Phi) is 5.71. The summed E-state index contributed by atoms with van der Waals surface area (Å²) >= 11 is 11.7. The van der Waals surface area contributed by atoms with Gasteiger partial charge >= 0.3 is 0 Å².